The Bertz CT molecular complexity index is 59.5. The van der Waals surface area contributed by atoms with Gasteiger partial charge in [-0.2, -0.15) is 0 Å². The fourth-order valence-electron chi connectivity index (χ4n) is 0.486. The number of rotatable bonds is 3. The van der Waals surface area contributed by atoms with E-state index in [-0.39, 0.29) is 5.54 Å². The summed E-state index contributed by atoms with van der Waals surface area (Å²) in [5.41, 5.74) is 5.57. The average molecular weight is 116 g/mol. The summed E-state index contributed by atoms with van der Waals surface area (Å²) in [6.07, 6.45) is 1.03. The summed E-state index contributed by atoms with van der Waals surface area (Å²) in [4.78, 5) is 0. The maximum absolute atomic E-state index is 5.35. The Morgan fingerprint density at radius 1 is 1.50 bits per heavy atom. The van der Waals surface area contributed by atoms with Crippen LogP contribution in [-0.2, 0) is 0 Å². The summed E-state index contributed by atoms with van der Waals surface area (Å²) in [5, 5.41) is 3.16. The number of hydrogen-bond acceptors (Lipinski definition) is 2. The normalized spacial score (nSPS) is 12.0. The molecular weight excluding hydrogens is 100 g/mol. The zero-order valence-corrected chi connectivity index (χ0v) is 5.99. The zero-order valence-electron chi connectivity index (χ0n) is 5.99. The van der Waals surface area contributed by atoms with E-state index in [1.807, 2.05) is 7.05 Å². The Morgan fingerprint density at radius 2 is 2.00 bits per heavy atom. The minimum Gasteiger partial charge on any atom is -0.330 e. The molecule has 0 unspecified atom stereocenters. The van der Waals surface area contributed by atoms with Crippen molar-refractivity contribution in [1.82, 2.24) is 5.32 Å². The maximum atomic E-state index is 5.35. The largest absolute Gasteiger partial charge is 0.330 e. The molecule has 0 aromatic heterocycles. The highest BCUT2D eigenvalue weighted by Crippen LogP contribution is 2.03. The lowest BCUT2D eigenvalue weighted by molar-refractivity contribution is 0.399. The van der Waals surface area contributed by atoms with Crippen LogP contribution < -0.4 is 11.1 Å². The second-order valence-corrected chi connectivity index (χ2v) is 2.67. The third kappa shape index (κ3) is 2.99. The molecule has 0 saturated heterocycles. The molecule has 0 aliphatic carbocycles. The summed E-state index contributed by atoms with van der Waals surface area (Å²) in [6.45, 7) is 5.04. The van der Waals surface area contributed by atoms with Crippen LogP contribution in [0.5, 0.6) is 0 Å². The van der Waals surface area contributed by atoms with Crippen LogP contribution in [0.25, 0.3) is 0 Å². The lowest BCUT2D eigenvalue weighted by Crippen LogP contribution is -2.37. The van der Waals surface area contributed by atoms with E-state index in [1.54, 1.807) is 0 Å². The van der Waals surface area contributed by atoms with Gasteiger partial charge in [0, 0.05) is 5.54 Å². The molecule has 2 nitrogen and oxygen atoms in total. The smallest absolute Gasteiger partial charge is 0.0134 e. The quantitative estimate of drug-likeness (QED) is 0.558. The minimum absolute atomic E-state index is 0.217. The zero-order chi connectivity index (χ0) is 6.62. The second kappa shape index (κ2) is 3.05. The van der Waals surface area contributed by atoms with E-state index in [4.69, 9.17) is 5.73 Å². The Hall–Kier alpha value is -0.0800. The summed E-state index contributed by atoms with van der Waals surface area (Å²) in [7, 11) is 1.95. The van der Waals surface area contributed by atoms with Crippen molar-refractivity contribution in [3.8, 4) is 0 Å². The minimum atomic E-state index is 0.217. The van der Waals surface area contributed by atoms with Gasteiger partial charge in [0.1, 0.15) is 0 Å². The molecule has 8 heavy (non-hydrogen) atoms. The van der Waals surface area contributed by atoms with Gasteiger partial charge in [-0.15, -0.1) is 0 Å². The summed E-state index contributed by atoms with van der Waals surface area (Å²) >= 11 is 0. The molecule has 0 aliphatic rings. The van der Waals surface area contributed by atoms with Gasteiger partial charge < -0.3 is 11.1 Å². The molecule has 0 amide bonds. The van der Waals surface area contributed by atoms with E-state index in [1.165, 1.54) is 0 Å². The summed E-state index contributed by atoms with van der Waals surface area (Å²) in [6, 6.07) is 0. The predicted octanol–water partition coefficient (Wildman–Crippen LogP) is 0.333. The SMILES string of the molecule is CNC(C)(C)CCN. The molecule has 0 aliphatic heterocycles. The van der Waals surface area contributed by atoms with Gasteiger partial charge in [-0.05, 0) is 33.9 Å². The first-order chi connectivity index (χ1) is 3.62. The van der Waals surface area contributed by atoms with Crippen molar-refractivity contribution in [2.24, 2.45) is 5.73 Å². The third-order valence-electron chi connectivity index (χ3n) is 1.45. The van der Waals surface area contributed by atoms with Crippen LogP contribution in [-0.4, -0.2) is 19.1 Å². The Morgan fingerprint density at radius 3 is 2.12 bits per heavy atom. The van der Waals surface area contributed by atoms with Gasteiger partial charge in [-0.3, -0.25) is 0 Å². The van der Waals surface area contributed by atoms with Crippen molar-refractivity contribution in [3.05, 3.63) is 0 Å². The molecule has 0 radical (unpaired) electrons. The van der Waals surface area contributed by atoms with E-state index in [2.05, 4.69) is 19.2 Å². The van der Waals surface area contributed by atoms with Crippen molar-refractivity contribution in [1.29, 1.82) is 0 Å². The molecule has 0 bridgehead atoms. The monoisotopic (exact) mass is 116 g/mol. The molecule has 0 rings (SSSR count). The highest BCUT2D eigenvalue weighted by Gasteiger charge is 2.11. The lowest BCUT2D eigenvalue weighted by Gasteiger charge is -2.22. The maximum Gasteiger partial charge on any atom is 0.0134 e. The Labute approximate surface area is 51.5 Å². The van der Waals surface area contributed by atoms with Crippen LogP contribution in [0.1, 0.15) is 20.3 Å². The van der Waals surface area contributed by atoms with Crippen LogP contribution in [0.2, 0.25) is 0 Å². The molecule has 2 heteroatoms. The topological polar surface area (TPSA) is 38.0 Å². The summed E-state index contributed by atoms with van der Waals surface area (Å²) in [5.74, 6) is 0. The van der Waals surface area contributed by atoms with Crippen LogP contribution in [0.3, 0.4) is 0 Å². The molecule has 0 spiro atoms. The van der Waals surface area contributed by atoms with Crippen LogP contribution in [0.4, 0.5) is 0 Å². The molecule has 0 atom stereocenters. The highest BCUT2D eigenvalue weighted by atomic mass is 14.9. The average Bonchev–Trinajstić information content (AvgIpc) is 1.67. The molecule has 50 valence electrons. The van der Waals surface area contributed by atoms with Crippen molar-refractivity contribution < 1.29 is 0 Å². The van der Waals surface area contributed by atoms with Gasteiger partial charge in [-0.25, -0.2) is 0 Å². The van der Waals surface area contributed by atoms with Crippen molar-refractivity contribution in [2.45, 2.75) is 25.8 Å². The first-order valence-corrected chi connectivity index (χ1v) is 3.01. The van der Waals surface area contributed by atoms with Gasteiger partial charge in [0.05, 0.1) is 0 Å². The van der Waals surface area contributed by atoms with Crippen LogP contribution >= 0.6 is 0 Å². The molecule has 3 N–H and O–H groups in total. The van der Waals surface area contributed by atoms with Gasteiger partial charge >= 0.3 is 0 Å². The molecule has 0 heterocycles. The third-order valence-corrected chi connectivity index (χ3v) is 1.45. The predicted molar refractivity (Wildman–Crippen MR) is 36.8 cm³/mol. The van der Waals surface area contributed by atoms with Gasteiger partial charge in [-0.1, -0.05) is 0 Å². The van der Waals surface area contributed by atoms with Crippen molar-refractivity contribution >= 4 is 0 Å². The van der Waals surface area contributed by atoms with Crippen molar-refractivity contribution in [3.63, 3.8) is 0 Å². The summed E-state index contributed by atoms with van der Waals surface area (Å²) < 4.78 is 0. The molecule has 0 fully saturated rings. The standard InChI is InChI=1S/C6H16N2/c1-6(2,8-3)4-5-7/h8H,4-5,7H2,1-3H3. The second-order valence-electron chi connectivity index (χ2n) is 2.67. The van der Waals surface area contributed by atoms with Gasteiger partial charge in [0.25, 0.3) is 0 Å². The Kier molecular flexibility index (Phi) is 3.02. The molecular formula is C6H16N2. The first-order valence-electron chi connectivity index (χ1n) is 3.01. The molecule has 0 aromatic rings. The number of nitrogens with two attached hydrogens (primary N) is 1. The van der Waals surface area contributed by atoms with Crippen LogP contribution in [0.15, 0.2) is 0 Å². The van der Waals surface area contributed by atoms with E-state index in [0.717, 1.165) is 13.0 Å². The van der Waals surface area contributed by atoms with E-state index >= 15 is 0 Å². The Balaban J connectivity index is 3.37. The fourth-order valence-corrected chi connectivity index (χ4v) is 0.486. The fraction of sp³-hybridized carbons (Fsp3) is 1.00. The van der Waals surface area contributed by atoms with Gasteiger partial charge in [0.15, 0.2) is 0 Å². The number of hydrogen-bond donors (Lipinski definition) is 2. The van der Waals surface area contributed by atoms with Crippen LogP contribution in [0, 0.1) is 0 Å². The van der Waals surface area contributed by atoms with E-state index < -0.39 is 0 Å². The molecule has 0 saturated carbocycles. The lowest BCUT2D eigenvalue weighted by atomic mass is 10.0. The number of nitrogens with one attached hydrogen (secondary N) is 1. The van der Waals surface area contributed by atoms with E-state index in [0.29, 0.717) is 0 Å². The van der Waals surface area contributed by atoms with E-state index in [9.17, 15) is 0 Å². The van der Waals surface area contributed by atoms with Gasteiger partial charge in [0.2, 0.25) is 0 Å². The molecule has 0 aromatic carbocycles. The van der Waals surface area contributed by atoms with Crippen molar-refractivity contribution in [2.75, 3.05) is 13.6 Å². The highest BCUT2D eigenvalue weighted by molar-refractivity contribution is 4.74. The first kappa shape index (κ1) is 7.92.